The van der Waals surface area contributed by atoms with Crippen molar-refractivity contribution in [1.29, 1.82) is 0 Å². The van der Waals surface area contributed by atoms with Crippen LogP contribution in [0.15, 0.2) is 36.7 Å². The standard InChI is InChI=1S/C27H29FN4O4/c28-21-12-29-10-9-19(21)17-13-31(14-17)22-3-1-2-4-24(22)36-18-5-6-20-16(11-18)15-32(27(20)35)23-7-8-25(33)30-26(23)34/h5-6,9-12,17,22-24H,1-4,7-8,13-15H2,(H,30,33,34)/t22?,23?,24-/m1/s1. The van der Waals surface area contributed by atoms with E-state index >= 15 is 0 Å². The zero-order valence-corrected chi connectivity index (χ0v) is 20.0. The summed E-state index contributed by atoms with van der Waals surface area (Å²) in [4.78, 5) is 44.6. The molecule has 2 saturated heterocycles. The lowest BCUT2D eigenvalue weighted by atomic mass is 9.84. The van der Waals surface area contributed by atoms with E-state index < -0.39 is 11.9 Å². The molecule has 3 aliphatic heterocycles. The first kappa shape index (κ1) is 23.1. The van der Waals surface area contributed by atoms with Crippen LogP contribution in [0.5, 0.6) is 5.75 Å². The SMILES string of the molecule is O=C1CCC(N2Cc3cc(O[C@@H]4CCCCC4N4CC(c5ccncc5F)C4)ccc3C2=O)C(=O)N1. The highest BCUT2D eigenvalue weighted by atomic mass is 19.1. The highest BCUT2D eigenvalue weighted by Gasteiger charge is 2.41. The van der Waals surface area contributed by atoms with Crippen LogP contribution < -0.4 is 10.1 Å². The van der Waals surface area contributed by atoms with Gasteiger partial charge in [0.1, 0.15) is 23.7 Å². The highest BCUT2D eigenvalue weighted by molar-refractivity contribution is 6.05. The minimum Gasteiger partial charge on any atom is -0.489 e. The lowest BCUT2D eigenvalue weighted by molar-refractivity contribution is -0.136. The lowest BCUT2D eigenvalue weighted by Crippen LogP contribution is -2.57. The van der Waals surface area contributed by atoms with Gasteiger partial charge < -0.3 is 9.64 Å². The molecular weight excluding hydrogens is 463 g/mol. The van der Waals surface area contributed by atoms with Gasteiger partial charge in [-0.3, -0.25) is 29.6 Å². The molecule has 1 aromatic carbocycles. The molecule has 0 radical (unpaired) electrons. The quantitative estimate of drug-likeness (QED) is 0.646. The zero-order chi connectivity index (χ0) is 24.8. The molecular formula is C27H29FN4O4. The number of benzene rings is 1. The fourth-order valence-corrected chi connectivity index (χ4v) is 6.13. The number of ether oxygens (including phenoxy) is 1. The average molecular weight is 493 g/mol. The molecule has 2 unspecified atom stereocenters. The summed E-state index contributed by atoms with van der Waals surface area (Å²) in [6.07, 6.45) is 7.79. The van der Waals surface area contributed by atoms with Crippen LogP contribution in [-0.4, -0.2) is 63.8 Å². The average Bonchev–Trinajstić information content (AvgIpc) is 3.16. The second kappa shape index (κ2) is 9.28. The number of fused-ring (bicyclic) bond motifs is 1. The Bertz CT molecular complexity index is 1210. The summed E-state index contributed by atoms with van der Waals surface area (Å²) in [5.41, 5.74) is 2.15. The third-order valence-corrected chi connectivity index (χ3v) is 8.07. The number of halogens is 1. The molecule has 3 atom stereocenters. The smallest absolute Gasteiger partial charge is 0.255 e. The van der Waals surface area contributed by atoms with Gasteiger partial charge in [-0.1, -0.05) is 6.42 Å². The number of amides is 3. The highest BCUT2D eigenvalue weighted by Crippen LogP contribution is 2.37. The maximum atomic E-state index is 14.1. The van der Waals surface area contributed by atoms with Gasteiger partial charge in [0.05, 0.1) is 6.20 Å². The van der Waals surface area contributed by atoms with E-state index in [1.54, 1.807) is 23.2 Å². The Kier molecular flexibility index (Phi) is 5.95. The number of aromatic nitrogens is 1. The number of hydrogen-bond acceptors (Lipinski definition) is 6. The second-order valence-corrected chi connectivity index (χ2v) is 10.3. The number of nitrogens with one attached hydrogen (secondary N) is 1. The minimum absolute atomic E-state index is 0.0309. The number of imide groups is 1. The summed E-state index contributed by atoms with van der Waals surface area (Å²) < 4.78 is 20.6. The number of carbonyl (C=O) groups excluding carboxylic acids is 3. The van der Waals surface area contributed by atoms with Crippen molar-refractivity contribution in [2.45, 2.75) is 69.2 Å². The molecule has 4 aliphatic rings. The Balaban J connectivity index is 1.12. The Labute approximate surface area is 208 Å². The molecule has 3 fully saturated rings. The summed E-state index contributed by atoms with van der Waals surface area (Å²) in [5, 5.41) is 2.34. The summed E-state index contributed by atoms with van der Waals surface area (Å²) in [7, 11) is 0. The largest absolute Gasteiger partial charge is 0.489 e. The molecule has 6 rings (SSSR count). The molecule has 1 aliphatic carbocycles. The van der Waals surface area contributed by atoms with Crippen molar-refractivity contribution in [3.05, 3.63) is 59.2 Å². The summed E-state index contributed by atoms with van der Waals surface area (Å²) in [6, 6.07) is 6.95. The van der Waals surface area contributed by atoms with Gasteiger partial charge in [-0.05, 0) is 61.1 Å². The molecule has 1 saturated carbocycles. The van der Waals surface area contributed by atoms with E-state index in [4.69, 9.17) is 4.74 Å². The van der Waals surface area contributed by atoms with Crippen LogP contribution in [0.2, 0.25) is 0 Å². The normalized spacial score (nSPS) is 27.0. The van der Waals surface area contributed by atoms with Crippen molar-refractivity contribution in [3.63, 3.8) is 0 Å². The van der Waals surface area contributed by atoms with Crippen LogP contribution in [-0.2, 0) is 16.1 Å². The van der Waals surface area contributed by atoms with Gasteiger partial charge in [0.25, 0.3) is 5.91 Å². The van der Waals surface area contributed by atoms with Crippen LogP contribution in [0.4, 0.5) is 4.39 Å². The van der Waals surface area contributed by atoms with E-state index in [-0.39, 0.29) is 42.1 Å². The molecule has 1 N–H and O–H groups in total. The molecule has 3 amide bonds. The number of piperidine rings is 1. The fraction of sp³-hybridized carbons (Fsp3) is 0.481. The predicted octanol–water partition coefficient (Wildman–Crippen LogP) is 2.77. The number of carbonyl (C=O) groups is 3. The van der Waals surface area contributed by atoms with Gasteiger partial charge in [0.15, 0.2) is 0 Å². The maximum absolute atomic E-state index is 14.1. The van der Waals surface area contributed by atoms with Crippen molar-refractivity contribution >= 4 is 17.7 Å². The van der Waals surface area contributed by atoms with E-state index in [0.717, 1.165) is 55.6 Å². The van der Waals surface area contributed by atoms with Gasteiger partial charge in [-0.25, -0.2) is 4.39 Å². The monoisotopic (exact) mass is 492 g/mol. The van der Waals surface area contributed by atoms with Crippen LogP contribution in [0.3, 0.4) is 0 Å². The number of hydrogen-bond donors (Lipinski definition) is 1. The van der Waals surface area contributed by atoms with Gasteiger partial charge in [0.2, 0.25) is 11.8 Å². The molecule has 8 nitrogen and oxygen atoms in total. The first-order chi connectivity index (χ1) is 17.5. The second-order valence-electron chi connectivity index (χ2n) is 10.3. The molecule has 0 spiro atoms. The van der Waals surface area contributed by atoms with Crippen molar-refractivity contribution in [2.24, 2.45) is 0 Å². The molecule has 9 heteroatoms. The third kappa shape index (κ3) is 4.15. The van der Waals surface area contributed by atoms with Crippen LogP contribution in [0, 0.1) is 5.82 Å². The van der Waals surface area contributed by atoms with Gasteiger partial charge in [0, 0.05) is 49.8 Å². The van der Waals surface area contributed by atoms with Crippen LogP contribution in [0.1, 0.15) is 65.9 Å². The van der Waals surface area contributed by atoms with Crippen molar-refractivity contribution in [3.8, 4) is 5.75 Å². The number of pyridine rings is 1. The van der Waals surface area contributed by atoms with Crippen LogP contribution in [0.25, 0.3) is 0 Å². The Morgan fingerprint density at radius 1 is 1.06 bits per heavy atom. The summed E-state index contributed by atoms with van der Waals surface area (Å²) in [5.74, 6) is -0.221. The molecule has 1 aromatic heterocycles. The van der Waals surface area contributed by atoms with E-state index in [1.807, 2.05) is 12.1 Å². The topological polar surface area (TPSA) is 91.8 Å². The van der Waals surface area contributed by atoms with E-state index in [9.17, 15) is 18.8 Å². The van der Waals surface area contributed by atoms with Crippen molar-refractivity contribution < 1.29 is 23.5 Å². The van der Waals surface area contributed by atoms with Crippen molar-refractivity contribution in [2.75, 3.05) is 13.1 Å². The summed E-state index contributed by atoms with van der Waals surface area (Å²) >= 11 is 0. The minimum atomic E-state index is -0.626. The Morgan fingerprint density at radius 2 is 1.89 bits per heavy atom. The third-order valence-electron chi connectivity index (χ3n) is 8.07. The fourth-order valence-electron chi connectivity index (χ4n) is 6.13. The van der Waals surface area contributed by atoms with E-state index in [0.29, 0.717) is 18.5 Å². The molecule has 188 valence electrons. The number of likely N-dealkylation sites (tertiary alicyclic amines) is 1. The number of rotatable bonds is 5. The van der Waals surface area contributed by atoms with E-state index in [1.165, 1.54) is 6.20 Å². The first-order valence-corrected chi connectivity index (χ1v) is 12.8. The molecule has 2 aromatic rings. The van der Waals surface area contributed by atoms with Crippen molar-refractivity contribution in [1.82, 2.24) is 20.1 Å². The summed E-state index contributed by atoms with van der Waals surface area (Å²) in [6.45, 7) is 1.95. The van der Waals surface area contributed by atoms with E-state index in [2.05, 4.69) is 15.2 Å². The molecule has 0 bridgehead atoms. The van der Waals surface area contributed by atoms with Gasteiger partial charge in [-0.15, -0.1) is 0 Å². The predicted molar refractivity (Wildman–Crippen MR) is 128 cm³/mol. The number of nitrogens with zero attached hydrogens (tertiary/aromatic N) is 3. The maximum Gasteiger partial charge on any atom is 0.255 e. The van der Waals surface area contributed by atoms with Gasteiger partial charge in [-0.2, -0.15) is 0 Å². The molecule has 4 heterocycles. The Hall–Kier alpha value is -3.33. The first-order valence-electron chi connectivity index (χ1n) is 12.8. The van der Waals surface area contributed by atoms with Crippen LogP contribution >= 0.6 is 0 Å². The zero-order valence-electron chi connectivity index (χ0n) is 20.0. The Morgan fingerprint density at radius 3 is 2.69 bits per heavy atom. The molecule has 36 heavy (non-hydrogen) atoms. The lowest BCUT2D eigenvalue weighted by Gasteiger charge is -2.48. The van der Waals surface area contributed by atoms with Gasteiger partial charge >= 0.3 is 0 Å².